The molecular weight excluding hydrogens is 336 g/mol. The molecule has 1 heterocycles. The number of hydrogen-bond donors (Lipinski definition) is 1. The van der Waals surface area contributed by atoms with E-state index in [9.17, 15) is 0 Å². The van der Waals surface area contributed by atoms with Crippen LogP contribution in [-0.2, 0) is 0 Å². The topological polar surface area (TPSA) is 80.1 Å². The molecule has 7 heteroatoms. The van der Waals surface area contributed by atoms with E-state index in [0.717, 1.165) is 6.54 Å². The van der Waals surface area contributed by atoms with Gasteiger partial charge in [-0.15, -0.1) is 0 Å². The van der Waals surface area contributed by atoms with Crippen LogP contribution in [0.2, 0.25) is 0 Å². The highest BCUT2D eigenvalue weighted by atomic mass is 79.9. The predicted octanol–water partition coefficient (Wildman–Crippen LogP) is 3.34. The standard InChI is InChI=1S/C14H13BrN4O2/c1-3-17-13-12(15)14(19-8-18-13)21-11-5-9(7-16)4-10(6-11)20-2/h4-6,8H,3H2,1-2H3,(H,17,18,19). The molecule has 0 atom stereocenters. The lowest BCUT2D eigenvalue weighted by atomic mass is 10.2. The molecule has 1 aromatic heterocycles. The van der Waals surface area contributed by atoms with Crippen molar-refractivity contribution in [2.24, 2.45) is 0 Å². The van der Waals surface area contributed by atoms with Crippen molar-refractivity contribution < 1.29 is 9.47 Å². The number of aromatic nitrogens is 2. The van der Waals surface area contributed by atoms with Crippen molar-refractivity contribution in [3.05, 3.63) is 34.6 Å². The molecule has 2 rings (SSSR count). The molecule has 21 heavy (non-hydrogen) atoms. The quantitative estimate of drug-likeness (QED) is 0.892. The SMILES string of the molecule is CCNc1ncnc(Oc2cc(C#N)cc(OC)c2)c1Br. The Morgan fingerprint density at radius 3 is 2.71 bits per heavy atom. The minimum absolute atomic E-state index is 0.359. The molecule has 0 aliphatic heterocycles. The average Bonchev–Trinajstić information content (AvgIpc) is 2.51. The van der Waals surface area contributed by atoms with Crippen molar-refractivity contribution in [1.82, 2.24) is 9.97 Å². The molecule has 0 bridgehead atoms. The fourth-order valence-electron chi connectivity index (χ4n) is 1.64. The van der Waals surface area contributed by atoms with Gasteiger partial charge in [-0.3, -0.25) is 0 Å². The zero-order valence-electron chi connectivity index (χ0n) is 11.6. The van der Waals surface area contributed by atoms with Gasteiger partial charge in [0.15, 0.2) is 0 Å². The first kappa shape index (κ1) is 15.1. The molecule has 0 radical (unpaired) electrons. The third-order valence-electron chi connectivity index (χ3n) is 2.56. The Morgan fingerprint density at radius 1 is 1.29 bits per heavy atom. The van der Waals surface area contributed by atoms with Crippen LogP contribution in [0.4, 0.5) is 5.82 Å². The number of benzene rings is 1. The highest BCUT2D eigenvalue weighted by molar-refractivity contribution is 9.10. The van der Waals surface area contributed by atoms with Crippen LogP contribution in [0.25, 0.3) is 0 Å². The first-order valence-corrected chi connectivity index (χ1v) is 6.98. The number of ether oxygens (including phenoxy) is 2. The van der Waals surface area contributed by atoms with Gasteiger partial charge in [0.2, 0.25) is 5.88 Å². The van der Waals surface area contributed by atoms with E-state index >= 15 is 0 Å². The van der Waals surface area contributed by atoms with Crippen molar-refractivity contribution in [3.8, 4) is 23.4 Å². The Hall–Kier alpha value is -2.33. The van der Waals surface area contributed by atoms with Crippen molar-refractivity contribution in [2.75, 3.05) is 19.0 Å². The maximum absolute atomic E-state index is 9.01. The maximum Gasteiger partial charge on any atom is 0.238 e. The maximum atomic E-state index is 9.01. The number of methoxy groups -OCH3 is 1. The number of nitrogens with zero attached hydrogens (tertiary/aromatic N) is 3. The smallest absolute Gasteiger partial charge is 0.238 e. The van der Waals surface area contributed by atoms with Gasteiger partial charge in [0, 0.05) is 12.6 Å². The lowest BCUT2D eigenvalue weighted by Gasteiger charge is -2.11. The molecular formula is C14H13BrN4O2. The average molecular weight is 349 g/mol. The molecule has 0 aliphatic rings. The minimum atomic E-state index is 0.359. The molecule has 0 saturated carbocycles. The molecule has 1 aromatic carbocycles. The van der Waals surface area contributed by atoms with Crippen LogP contribution >= 0.6 is 15.9 Å². The first-order chi connectivity index (χ1) is 10.2. The normalized spacial score (nSPS) is 9.81. The number of anilines is 1. The predicted molar refractivity (Wildman–Crippen MR) is 81.7 cm³/mol. The molecule has 0 unspecified atom stereocenters. The van der Waals surface area contributed by atoms with Crippen LogP contribution in [0.15, 0.2) is 29.0 Å². The van der Waals surface area contributed by atoms with Gasteiger partial charge in [0.1, 0.15) is 28.1 Å². The van der Waals surface area contributed by atoms with Crippen LogP contribution in [0.3, 0.4) is 0 Å². The van der Waals surface area contributed by atoms with Crippen molar-refractivity contribution >= 4 is 21.7 Å². The summed E-state index contributed by atoms with van der Waals surface area (Å²) in [6.45, 7) is 2.70. The van der Waals surface area contributed by atoms with E-state index in [-0.39, 0.29) is 0 Å². The van der Waals surface area contributed by atoms with Crippen LogP contribution < -0.4 is 14.8 Å². The number of hydrogen-bond acceptors (Lipinski definition) is 6. The Labute approximate surface area is 130 Å². The molecule has 2 aromatic rings. The summed E-state index contributed by atoms with van der Waals surface area (Å²) >= 11 is 3.40. The summed E-state index contributed by atoms with van der Waals surface area (Å²) in [5, 5.41) is 12.1. The summed E-state index contributed by atoms with van der Waals surface area (Å²) < 4.78 is 11.5. The molecule has 1 N–H and O–H groups in total. The number of rotatable bonds is 5. The Bertz CT molecular complexity index is 685. The zero-order chi connectivity index (χ0) is 15.2. The molecule has 0 amide bonds. The summed E-state index contributed by atoms with van der Waals surface area (Å²) in [6.07, 6.45) is 1.41. The van der Waals surface area contributed by atoms with Gasteiger partial charge in [0.05, 0.1) is 18.7 Å². The first-order valence-electron chi connectivity index (χ1n) is 6.19. The highest BCUT2D eigenvalue weighted by Gasteiger charge is 2.11. The van der Waals surface area contributed by atoms with E-state index in [2.05, 4.69) is 37.3 Å². The molecule has 0 aliphatic carbocycles. The van der Waals surface area contributed by atoms with Gasteiger partial charge < -0.3 is 14.8 Å². The van der Waals surface area contributed by atoms with Crippen LogP contribution in [0, 0.1) is 11.3 Å². The molecule has 108 valence electrons. The van der Waals surface area contributed by atoms with Crippen LogP contribution in [-0.4, -0.2) is 23.6 Å². The summed E-state index contributed by atoms with van der Waals surface area (Å²) in [4.78, 5) is 8.20. The van der Waals surface area contributed by atoms with Gasteiger partial charge in [0.25, 0.3) is 0 Å². The monoisotopic (exact) mass is 348 g/mol. The fraction of sp³-hybridized carbons (Fsp3) is 0.214. The summed E-state index contributed by atoms with van der Waals surface area (Å²) in [7, 11) is 1.53. The summed E-state index contributed by atoms with van der Waals surface area (Å²) in [6, 6.07) is 6.99. The lowest BCUT2D eigenvalue weighted by molar-refractivity contribution is 0.406. The highest BCUT2D eigenvalue weighted by Crippen LogP contribution is 2.33. The summed E-state index contributed by atoms with van der Waals surface area (Å²) in [5.74, 6) is 2.01. The van der Waals surface area contributed by atoms with Gasteiger partial charge in [-0.1, -0.05) is 0 Å². The van der Waals surface area contributed by atoms with Gasteiger partial charge in [-0.05, 0) is 35.0 Å². The third-order valence-corrected chi connectivity index (χ3v) is 3.28. The van der Waals surface area contributed by atoms with E-state index in [1.165, 1.54) is 13.4 Å². The Morgan fingerprint density at radius 2 is 2.05 bits per heavy atom. The van der Waals surface area contributed by atoms with E-state index in [0.29, 0.717) is 33.2 Å². The number of nitriles is 1. The Balaban J connectivity index is 2.34. The van der Waals surface area contributed by atoms with E-state index in [1.54, 1.807) is 18.2 Å². The van der Waals surface area contributed by atoms with Crippen molar-refractivity contribution in [3.63, 3.8) is 0 Å². The van der Waals surface area contributed by atoms with E-state index < -0.39 is 0 Å². The largest absolute Gasteiger partial charge is 0.497 e. The van der Waals surface area contributed by atoms with Crippen molar-refractivity contribution in [1.29, 1.82) is 5.26 Å². The number of halogens is 1. The molecule has 0 saturated heterocycles. The second-order valence-corrected chi connectivity index (χ2v) is 4.78. The second-order valence-electron chi connectivity index (χ2n) is 3.98. The third kappa shape index (κ3) is 3.61. The lowest BCUT2D eigenvalue weighted by Crippen LogP contribution is -2.02. The second kappa shape index (κ2) is 6.90. The van der Waals surface area contributed by atoms with Gasteiger partial charge >= 0.3 is 0 Å². The number of nitrogens with one attached hydrogen (secondary N) is 1. The van der Waals surface area contributed by atoms with E-state index in [4.69, 9.17) is 14.7 Å². The van der Waals surface area contributed by atoms with Crippen LogP contribution in [0.1, 0.15) is 12.5 Å². The van der Waals surface area contributed by atoms with Crippen LogP contribution in [0.5, 0.6) is 17.4 Å². The van der Waals surface area contributed by atoms with Crippen molar-refractivity contribution in [2.45, 2.75) is 6.92 Å². The Kier molecular flexibility index (Phi) is 4.95. The van der Waals surface area contributed by atoms with Gasteiger partial charge in [-0.2, -0.15) is 5.26 Å². The summed E-state index contributed by atoms with van der Waals surface area (Å²) in [5.41, 5.74) is 0.446. The molecule has 6 nitrogen and oxygen atoms in total. The van der Waals surface area contributed by atoms with E-state index in [1.807, 2.05) is 6.92 Å². The zero-order valence-corrected chi connectivity index (χ0v) is 13.1. The molecule has 0 spiro atoms. The minimum Gasteiger partial charge on any atom is -0.497 e. The molecule has 0 fully saturated rings. The van der Waals surface area contributed by atoms with Gasteiger partial charge in [-0.25, -0.2) is 9.97 Å². The fourth-order valence-corrected chi connectivity index (χ4v) is 2.07.